The van der Waals surface area contributed by atoms with Gasteiger partial charge in [-0.15, -0.1) is 0 Å². The molecule has 1 aromatic heterocycles. The number of nitrogens with one attached hydrogen (secondary N) is 1. The van der Waals surface area contributed by atoms with E-state index >= 15 is 0 Å². The van der Waals surface area contributed by atoms with Crippen LogP contribution in [0.25, 0.3) is 11.3 Å². The Morgan fingerprint density at radius 2 is 2.06 bits per heavy atom. The number of aromatic nitrogens is 2. The number of hydrogen-bond donors (Lipinski definition) is 2. The summed E-state index contributed by atoms with van der Waals surface area (Å²) in [5.41, 5.74) is 5.22. The summed E-state index contributed by atoms with van der Waals surface area (Å²) in [5, 5.41) is 6.23. The molecule has 0 bridgehead atoms. The molecule has 7 heteroatoms. The average Bonchev–Trinajstić information content (AvgIpc) is 2.73. The molecule has 0 saturated heterocycles. The summed E-state index contributed by atoms with van der Waals surface area (Å²) in [4.78, 5) is 0. The fourth-order valence-electron chi connectivity index (χ4n) is 1.67. The van der Waals surface area contributed by atoms with Gasteiger partial charge in [-0.25, -0.2) is 0 Å². The molecule has 1 aromatic carbocycles. The van der Waals surface area contributed by atoms with Gasteiger partial charge in [0.25, 0.3) is 0 Å². The van der Waals surface area contributed by atoms with Gasteiger partial charge in [-0.3, -0.25) is 5.10 Å². The van der Waals surface area contributed by atoms with E-state index in [1.165, 1.54) is 25.3 Å². The minimum atomic E-state index is -4.48. The quantitative estimate of drug-likeness (QED) is 0.869. The van der Waals surface area contributed by atoms with Crippen molar-refractivity contribution in [3.05, 3.63) is 29.8 Å². The number of anilines is 1. The maximum Gasteiger partial charge on any atom is 0.419 e. The molecule has 0 saturated carbocycles. The third-order valence-corrected chi connectivity index (χ3v) is 2.41. The van der Waals surface area contributed by atoms with Gasteiger partial charge >= 0.3 is 6.18 Å². The summed E-state index contributed by atoms with van der Waals surface area (Å²) >= 11 is 0. The lowest BCUT2D eigenvalue weighted by Gasteiger charge is -2.14. The standard InChI is InChI=1S/C11H10F3N3O/c1-18-10-6(8-5-9(15)17-16-8)3-2-4-7(10)11(12,13)14/h2-5H,1H3,(H3,15,16,17). The Labute approximate surface area is 101 Å². The lowest BCUT2D eigenvalue weighted by molar-refractivity contribution is -0.138. The van der Waals surface area contributed by atoms with Gasteiger partial charge in [-0.2, -0.15) is 18.3 Å². The summed E-state index contributed by atoms with van der Waals surface area (Å²) in [5.74, 6) is -0.0573. The molecule has 0 fully saturated rings. The molecule has 0 aliphatic heterocycles. The maximum atomic E-state index is 12.8. The number of ether oxygens (including phenoxy) is 1. The molecule has 96 valence electrons. The highest BCUT2D eigenvalue weighted by Gasteiger charge is 2.35. The van der Waals surface area contributed by atoms with Crippen molar-refractivity contribution in [2.24, 2.45) is 0 Å². The first kappa shape index (κ1) is 12.3. The number of aromatic amines is 1. The summed E-state index contributed by atoms with van der Waals surface area (Å²) in [6.45, 7) is 0. The minimum Gasteiger partial charge on any atom is -0.495 e. The van der Waals surface area contributed by atoms with Crippen molar-refractivity contribution in [1.82, 2.24) is 10.2 Å². The first-order valence-corrected chi connectivity index (χ1v) is 4.99. The number of methoxy groups -OCH3 is 1. The van der Waals surface area contributed by atoms with Crippen LogP contribution in [0.2, 0.25) is 0 Å². The zero-order valence-electron chi connectivity index (χ0n) is 9.38. The molecule has 4 nitrogen and oxygen atoms in total. The van der Waals surface area contributed by atoms with Gasteiger partial charge in [0.2, 0.25) is 0 Å². The number of benzene rings is 1. The molecule has 3 N–H and O–H groups in total. The summed E-state index contributed by atoms with van der Waals surface area (Å²) < 4.78 is 43.3. The summed E-state index contributed by atoms with van der Waals surface area (Å²) in [6, 6.07) is 5.21. The number of alkyl halides is 3. The van der Waals surface area contributed by atoms with E-state index in [4.69, 9.17) is 10.5 Å². The average molecular weight is 257 g/mol. The first-order valence-electron chi connectivity index (χ1n) is 4.99. The van der Waals surface area contributed by atoms with Crippen molar-refractivity contribution in [3.63, 3.8) is 0 Å². The molecule has 0 aliphatic carbocycles. The summed E-state index contributed by atoms with van der Waals surface area (Å²) in [7, 11) is 1.19. The Morgan fingerprint density at radius 1 is 1.33 bits per heavy atom. The van der Waals surface area contributed by atoms with Crippen LogP contribution in [0.15, 0.2) is 24.3 Å². The molecule has 1 heterocycles. The number of H-pyrrole nitrogens is 1. The van der Waals surface area contributed by atoms with Crippen molar-refractivity contribution < 1.29 is 17.9 Å². The first-order chi connectivity index (χ1) is 8.43. The molecule has 0 spiro atoms. The van der Waals surface area contributed by atoms with Crippen molar-refractivity contribution in [3.8, 4) is 17.0 Å². The van der Waals surface area contributed by atoms with Crippen molar-refractivity contribution in [2.45, 2.75) is 6.18 Å². The van der Waals surface area contributed by atoms with Crippen LogP contribution in [0.4, 0.5) is 19.0 Å². The molecular weight excluding hydrogens is 247 g/mol. The predicted octanol–water partition coefficient (Wildman–Crippen LogP) is 2.69. The van der Waals surface area contributed by atoms with E-state index in [-0.39, 0.29) is 17.1 Å². The lowest BCUT2D eigenvalue weighted by Crippen LogP contribution is -2.08. The number of rotatable bonds is 2. The normalized spacial score (nSPS) is 11.6. The topological polar surface area (TPSA) is 63.9 Å². The second-order valence-corrected chi connectivity index (χ2v) is 3.59. The van der Waals surface area contributed by atoms with Gasteiger partial charge < -0.3 is 10.5 Å². The fourth-order valence-corrected chi connectivity index (χ4v) is 1.67. The molecule has 18 heavy (non-hydrogen) atoms. The maximum absolute atomic E-state index is 12.8. The third-order valence-electron chi connectivity index (χ3n) is 2.41. The zero-order chi connectivity index (χ0) is 13.3. The Kier molecular flexibility index (Phi) is 2.90. The Balaban J connectivity index is 2.62. The predicted molar refractivity (Wildman–Crippen MR) is 60.0 cm³/mol. The van der Waals surface area contributed by atoms with Gasteiger partial charge in [0.15, 0.2) is 0 Å². The van der Waals surface area contributed by atoms with Gasteiger partial charge in [-0.1, -0.05) is 6.07 Å². The molecular formula is C11H10F3N3O. The van der Waals surface area contributed by atoms with Crippen molar-refractivity contribution in [2.75, 3.05) is 12.8 Å². The van der Waals surface area contributed by atoms with Crippen LogP contribution in [0, 0.1) is 0 Å². The number of nitrogens with zero attached hydrogens (tertiary/aromatic N) is 1. The smallest absolute Gasteiger partial charge is 0.419 e. The number of para-hydroxylation sites is 1. The second-order valence-electron chi connectivity index (χ2n) is 3.59. The van der Waals surface area contributed by atoms with E-state index in [0.29, 0.717) is 5.69 Å². The SMILES string of the molecule is COc1c(-c2cc(N)n[nH]2)cccc1C(F)(F)F. The van der Waals surface area contributed by atoms with Crippen LogP contribution in [0.3, 0.4) is 0 Å². The van der Waals surface area contributed by atoms with E-state index in [1.54, 1.807) is 0 Å². The van der Waals surface area contributed by atoms with Crippen molar-refractivity contribution >= 4 is 5.82 Å². The molecule has 2 aromatic rings. The summed E-state index contributed by atoms with van der Waals surface area (Å²) in [6.07, 6.45) is -4.48. The molecule has 0 radical (unpaired) electrons. The highest BCUT2D eigenvalue weighted by atomic mass is 19.4. The van der Waals surface area contributed by atoms with Crippen LogP contribution in [-0.4, -0.2) is 17.3 Å². The fraction of sp³-hybridized carbons (Fsp3) is 0.182. The lowest BCUT2D eigenvalue weighted by atomic mass is 10.1. The molecule has 0 aliphatic rings. The van der Waals surface area contributed by atoms with E-state index in [9.17, 15) is 13.2 Å². The van der Waals surface area contributed by atoms with Crippen LogP contribution < -0.4 is 10.5 Å². The minimum absolute atomic E-state index is 0.199. The number of nitrogens with two attached hydrogens (primary N) is 1. The number of nitrogen functional groups attached to an aromatic ring is 1. The third kappa shape index (κ3) is 2.11. The largest absolute Gasteiger partial charge is 0.495 e. The molecule has 0 amide bonds. The van der Waals surface area contributed by atoms with E-state index in [0.717, 1.165) is 6.07 Å². The van der Waals surface area contributed by atoms with Gasteiger partial charge in [-0.05, 0) is 12.1 Å². The Bertz CT molecular complexity index is 563. The van der Waals surface area contributed by atoms with E-state index < -0.39 is 11.7 Å². The highest BCUT2D eigenvalue weighted by molar-refractivity contribution is 5.71. The highest BCUT2D eigenvalue weighted by Crippen LogP contribution is 2.41. The number of halogens is 3. The number of hydrogen-bond acceptors (Lipinski definition) is 3. The second kappa shape index (κ2) is 4.25. The van der Waals surface area contributed by atoms with Gasteiger partial charge in [0.05, 0.1) is 18.4 Å². The molecule has 0 atom stereocenters. The van der Waals surface area contributed by atoms with Crippen LogP contribution in [0.1, 0.15) is 5.56 Å². The monoisotopic (exact) mass is 257 g/mol. The van der Waals surface area contributed by atoms with E-state index in [2.05, 4.69) is 10.2 Å². The Hall–Kier alpha value is -2.18. The van der Waals surface area contributed by atoms with Crippen LogP contribution in [0.5, 0.6) is 5.75 Å². The van der Waals surface area contributed by atoms with Crippen LogP contribution in [-0.2, 0) is 6.18 Å². The van der Waals surface area contributed by atoms with Gasteiger partial charge in [0.1, 0.15) is 11.6 Å². The van der Waals surface area contributed by atoms with Crippen LogP contribution >= 0.6 is 0 Å². The zero-order valence-corrected chi connectivity index (χ0v) is 9.38. The van der Waals surface area contributed by atoms with Crippen molar-refractivity contribution in [1.29, 1.82) is 0 Å². The Morgan fingerprint density at radius 3 is 2.56 bits per heavy atom. The van der Waals surface area contributed by atoms with E-state index in [1.807, 2.05) is 0 Å². The molecule has 0 unspecified atom stereocenters. The molecule has 2 rings (SSSR count). The van der Waals surface area contributed by atoms with Gasteiger partial charge in [0, 0.05) is 11.6 Å².